The van der Waals surface area contributed by atoms with Crippen LogP contribution in [0.1, 0.15) is 29.8 Å². The molecule has 0 aromatic heterocycles. The molecule has 2 aromatic carbocycles. The average Bonchev–Trinajstić information content (AvgIpc) is 2.63. The fraction of sp³-hybridized carbons (Fsp3) is 0.278. The maximum atomic E-state index is 12.8. The highest BCUT2D eigenvalue weighted by Gasteiger charge is 2.33. The zero-order valence-corrected chi connectivity index (χ0v) is 17.7. The third-order valence-corrected chi connectivity index (χ3v) is 4.13. The maximum Gasteiger partial charge on any atom is 0.417 e. The van der Waals surface area contributed by atoms with E-state index >= 15 is 0 Å². The molecule has 0 heterocycles. The topological polar surface area (TPSA) is 111 Å². The smallest absolute Gasteiger partial charge is 0.417 e. The number of benzene rings is 2. The molecule has 0 fully saturated rings. The summed E-state index contributed by atoms with van der Waals surface area (Å²) in [6.45, 7) is 6.39. The third kappa shape index (κ3) is 8.99. The highest BCUT2D eigenvalue weighted by atomic mass is 35.5. The summed E-state index contributed by atoms with van der Waals surface area (Å²) in [7, 11) is -4.20. The molecule has 1 amide bonds. The summed E-state index contributed by atoms with van der Waals surface area (Å²) in [6, 6.07) is 8.03. The van der Waals surface area contributed by atoms with Crippen molar-refractivity contribution in [2.45, 2.75) is 20.0 Å². The second-order valence-corrected chi connectivity index (χ2v) is 7.40. The predicted octanol–water partition coefficient (Wildman–Crippen LogP) is 3.70. The first-order valence-corrected chi connectivity index (χ1v) is 10.5. The summed E-state index contributed by atoms with van der Waals surface area (Å²) >= 11 is 5.51. The van der Waals surface area contributed by atoms with Gasteiger partial charge >= 0.3 is 6.18 Å². The van der Waals surface area contributed by atoms with E-state index in [0.717, 1.165) is 25.2 Å². The summed E-state index contributed by atoms with van der Waals surface area (Å²) in [6.07, 6.45) is -4.63. The number of nitrogens with one attached hydrogen (secondary N) is 2. The zero-order valence-electron chi connectivity index (χ0n) is 16.1. The van der Waals surface area contributed by atoms with Gasteiger partial charge < -0.3 is 10.1 Å². The first kappa shape index (κ1) is 25.7. The van der Waals surface area contributed by atoms with Crippen LogP contribution in [0.15, 0.2) is 42.5 Å². The SMILES string of the molecule is CCNCC.NS(=O)(=O)NC(=O)c1ccc(Oc2ccc(Cl)c(C(F)(F)F)c2)cc1. The van der Waals surface area contributed by atoms with Gasteiger partial charge in [0.1, 0.15) is 11.5 Å². The molecule has 0 radical (unpaired) electrons. The van der Waals surface area contributed by atoms with E-state index in [-0.39, 0.29) is 17.1 Å². The van der Waals surface area contributed by atoms with E-state index in [0.29, 0.717) is 0 Å². The van der Waals surface area contributed by atoms with Crippen molar-refractivity contribution in [1.29, 1.82) is 0 Å². The van der Waals surface area contributed by atoms with Crippen LogP contribution >= 0.6 is 11.6 Å². The van der Waals surface area contributed by atoms with Crippen LogP contribution in [0.25, 0.3) is 0 Å². The molecule has 0 saturated heterocycles. The van der Waals surface area contributed by atoms with Gasteiger partial charge in [0.15, 0.2) is 0 Å². The van der Waals surface area contributed by atoms with Crippen molar-refractivity contribution in [1.82, 2.24) is 10.0 Å². The Morgan fingerprint density at radius 1 is 1.07 bits per heavy atom. The molecule has 0 saturated carbocycles. The fourth-order valence-electron chi connectivity index (χ4n) is 2.03. The lowest BCUT2D eigenvalue weighted by Gasteiger charge is -2.12. The number of hydrogen-bond acceptors (Lipinski definition) is 5. The van der Waals surface area contributed by atoms with Crippen LogP contribution in [0, 0.1) is 0 Å². The summed E-state index contributed by atoms with van der Waals surface area (Å²) < 4.78 is 66.8. The Morgan fingerprint density at radius 3 is 2.03 bits per heavy atom. The van der Waals surface area contributed by atoms with Crippen molar-refractivity contribution in [2.75, 3.05) is 13.1 Å². The molecule has 4 N–H and O–H groups in total. The second-order valence-electron chi connectivity index (χ2n) is 5.70. The van der Waals surface area contributed by atoms with Gasteiger partial charge in [-0.1, -0.05) is 25.4 Å². The van der Waals surface area contributed by atoms with Crippen molar-refractivity contribution in [2.24, 2.45) is 5.14 Å². The third-order valence-electron chi connectivity index (χ3n) is 3.33. The molecule has 0 atom stereocenters. The van der Waals surface area contributed by atoms with Crippen LogP contribution in [-0.4, -0.2) is 27.4 Å². The molecule has 0 unspecified atom stereocenters. The van der Waals surface area contributed by atoms with Gasteiger partial charge in [0.2, 0.25) is 0 Å². The van der Waals surface area contributed by atoms with Gasteiger partial charge in [-0.05, 0) is 55.6 Å². The fourth-order valence-corrected chi connectivity index (χ4v) is 2.63. The predicted molar refractivity (Wildman–Crippen MR) is 108 cm³/mol. The number of alkyl halides is 3. The maximum absolute atomic E-state index is 12.8. The average molecular weight is 468 g/mol. The molecule has 2 rings (SSSR count). The zero-order chi connectivity index (χ0) is 22.9. The first-order valence-electron chi connectivity index (χ1n) is 8.57. The Labute approximate surface area is 177 Å². The van der Waals surface area contributed by atoms with Gasteiger partial charge in [-0.25, -0.2) is 9.86 Å². The lowest BCUT2D eigenvalue weighted by Crippen LogP contribution is -2.35. The lowest BCUT2D eigenvalue weighted by atomic mass is 10.2. The molecule has 30 heavy (non-hydrogen) atoms. The van der Waals surface area contributed by atoms with Crippen molar-refractivity contribution in [3.8, 4) is 11.5 Å². The standard InChI is InChI=1S/C14H10ClF3N2O4S.C4H11N/c15-12-6-5-10(7-11(12)14(16,17)18)24-9-3-1-8(2-4-9)13(21)20-25(19,22)23;1-3-5-4-2/h1-7H,(H,20,21)(H2,19,22,23);5H,3-4H2,1-2H3. The number of nitrogens with two attached hydrogens (primary N) is 1. The number of carbonyl (C=O) groups excluding carboxylic acids is 1. The highest BCUT2D eigenvalue weighted by Crippen LogP contribution is 2.37. The van der Waals surface area contributed by atoms with Crippen molar-refractivity contribution < 1.29 is 31.1 Å². The minimum atomic E-state index is -4.63. The molecule has 0 aliphatic carbocycles. The number of carbonyl (C=O) groups is 1. The molecule has 0 aliphatic heterocycles. The molecule has 7 nitrogen and oxygen atoms in total. The van der Waals surface area contributed by atoms with E-state index in [1.807, 2.05) is 0 Å². The monoisotopic (exact) mass is 467 g/mol. The Hall–Kier alpha value is -2.34. The normalized spacial score (nSPS) is 11.3. The van der Waals surface area contributed by atoms with Gasteiger partial charge in [0.25, 0.3) is 16.1 Å². The van der Waals surface area contributed by atoms with Crippen LogP contribution in [0.2, 0.25) is 5.02 Å². The molecule has 2 aromatic rings. The first-order chi connectivity index (χ1) is 13.9. The minimum absolute atomic E-state index is 0.0338. The quantitative estimate of drug-likeness (QED) is 0.600. The van der Waals surface area contributed by atoms with Crippen LogP contribution < -0.4 is 19.9 Å². The van der Waals surface area contributed by atoms with Gasteiger partial charge in [-0.2, -0.15) is 21.6 Å². The number of hydrogen-bond donors (Lipinski definition) is 3. The van der Waals surface area contributed by atoms with E-state index in [1.54, 1.807) is 4.72 Å². The van der Waals surface area contributed by atoms with Crippen LogP contribution in [0.5, 0.6) is 11.5 Å². The number of ether oxygens (including phenoxy) is 1. The second kappa shape index (κ2) is 11.2. The van der Waals surface area contributed by atoms with Gasteiger partial charge in [0, 0.05) is 5.56 Å². The highest BCUT2D eigenvalue weighted by molar-refractivity contribution is 7.87. The van der Waals surface area contributed by atoms with Crippen molar-refractivity contribution in [3.63, 3.8) is 0 Å². The lowest BCUT2D eigenvalue weighted by molar-refractivity contribution is -0.137. The summed E-state index contributed by atoms with van der Waals surface area (Å²) in [4.78, 5) is 11.6. The minimum Gasteiger partial charge on any atom is -0.457 e. The molecular formula is C18H21ClF3N3O4S. The number of rotatable bonds is 6. The van der Waals surface area contributed by atoms with Crippen LogP contribution in [0.3, 0.4) is 0 Å². The summed E-state index contributed by atoms with van der Waals surface area (Å²) in [5, 5.41) is 7.33. The van der Waals surface area contributed by atoms with E-state index in [4.69, 9.17) is 16.3 Å². The molecule has 0 aliphatic rings. The Kier molecular flexibility index (Phi) is 9.56. The largest absolute Gasteiger partial charge is 0.457 e. The number of amides is 1. The van der Waals surface area contributed by atoms with E-state index in [9.17, 15) is 26.4 Å². The van der Waals surface area contributed by atoms with Crippen molar-refractivity contribution in [3.05, 3.63) is 58.6 Å². The van der Waals surface area contributed by atoms with Crippen LogP contribution in [-0.2, 0) is 16.4 Å². The van der Waals surface area contributed by atoms with E-state index < -0.39 is 32.9 Å². The molecule has 0 spiro atoms. The Balaban J connectivity index is 0.000000804. The molecule has 166 valence electrons. The van der Waals surface area contributed by atoms with E-state index in [2.05, 4.69) is 24.3 Å². The molecule has 12 heteroatoms. The number of halogens is 4. The van der Waals surface area contributed by atoms with Gasteiger partial charge in [-0.3, -0.25) is 4.79 Å². The van der Waals surface area contributed by atoms with Crippen LogP contribution in [0.4, 0.5) is 13.2 Å². The van der Waals surface area contributed by atoms with Gasteiger partial charge in [0.05, 0.1) is 10.6 Å². The Morgan fingerprint density at radius 2 is 1.60 bits per heavy atom. The van der Waals surface area contributed by atoms with Gasteiger partial charge in [-0.15, -0.1) is 0 Å². The van der Waals surface area contributed by atoms with Crippen molar-refractivity contribution >= 4 is 27.7 Å². The summed E-state index contributed by atoms with van der Waals surface area (Å²) in [5.41, 5.74) is -1.08. The molecular weight excluding hydrogens is 447 g/mol. The molecule has 0 bridgehead atoms. The summed E-state index contributed by atoms with van der Waals surface area (Å²) in [5.74, 6) is -0.944. The Bertz CT molecular complexity index is 950. The van der Waals surface area contributed by atoms with E-state index in [1.165, 1.54) is 30.3 Å².